The number of amides is 1. The van der Waals surface area contributed by atoms with Crippen LogP contribution >= 0.6 is 0 Å². The van der Waals surface area contributed by atoms with Crippen LogP contribution in [0.4, 0.5) is 5.69 Å². The van der Waals surface area contributed by atoms with Gasteiger partial charge in [-0.1, -0.05) is 29.8 Å². The highest BCUT2D eigenvalue weighted by Gasteiger charge is 2.36. The van der Waals surface area contributed by atoms with Gasteiger partial charge in [0.2, 0.25) is 5.91 Å². The predicted octanol–water partition coefficient (Wildman–Crippen LogP) is 4.32. The van der Waals surface area contributed by atoms with Gasteiger partial charge in [0.15, 0.2) is 5.78 Å². The summed E-state index contributed by atoms with van der Waals surface area (Å²) < 4.78 is 2.01. The normalized spacial score (nSPS) is 18.1. The first-order valence-corrected chi connectivity index (χ1v) is 9.71. The largest absolute Gasteiger partial charge is 0.317 e. The van der Waals surface area contributed by atoms with Crippen LogP contribution in [0.25, 0.3) is 11.0 Å². The molecule has 0 saturated carbocycles. The topological polar surface area (TPSA) is 55.2 Å². The van der Waals surface area contributed by atoms with Gasteiger partial charge in [0.25, 0.3) is 0 Å². The van der Waals surface area contributed by atoms with Crippen LogP contribution in [0.1, 0.15) is 49.2 Å². The summed E-state index contributed by atoms with van der Waals surface area (Å²) in [5.41, 5.74) is 5.04. The molecule has 0 aliphatic carbocycles. The number of Topliss-reactive ketones (excluding diaryl/α,β-unsaturated/α-hetero) is 1. The molecule has 1 aromatic heterocycles. The summed E-state index contributed by atoms with van der Waals surface area (Å²) in [6.07, 6.45) is 0.404. The zero-order valence-corrected chi connectivity index (χ0v) is 16.8. The van der Waals surface area contributed by atoms with Crippen LogP contribution in [-0.2, 0) is 9.59 Å². The second-order valence-corrected chi connectivity index (χ2v) is 7.81. The fourth-order valence-corrected chi connectivity index (χ4v) is 4.16. The summed E-state index contributed by atoms with van der Waals surface area (Å²) in [6.45, 7) is 8.17. The lowest BCUT2D eigenvalue weighted by Crippen LogP contribution is -2.25. The molecule has 1 fully saturated rings. The lowest BCUT2D eigenvalue weighted by Gasteiger charge is -2.21. The standard InChI is InChI=1S/C23H25N3O2/c1-14-9-10-20(15(2)11-14)25-13-18(12-22(25)28)23-24-19-7-5-6-8-21(19)26(23)16(3)17(4)27/h5-11,16,18H,12-13H2,1-4H3. The number of carbonyl (C=O) groups is 2. The van der Waals surface area contributed by atoms with Crippen molar-refractivity contribution in [2.75, 3.05) is 11.4 Å². The number of ketones is 1. The molecule has 1 aliphatic heterocycles. The van der Waals surface area contributed by atoms with E-state index in [2.05, 4.69) is 13.0 Å². The molecule has 1 aliphatic rings. The van der Waals surface area contributed by atoms with Crippen LogP contribution in [0.3, 0.4) is 0 Å². The van der Waals surface area contributed by atoms with Crippen molar-refractivity contribution in [3.8, 4) is 0 Å². The molecule has 5 heteroatoms. The Hall–Kier alpha value is -2.95. The molecule has 2 aromatic carbocycles. The minimum atomic E-state index is -0.312. The first-order chi connectivity index (χ1) is 13.4. The molecule has 0 spiro atoms. The van der Waals surface area contributed by atoms with Crippen LogP contribution in [0.2, 0.25) is 0 Å². The highest BCUT2D eigenvalue weighted by molar-refractivity contribution is 5.97. The zero-order valence-electron chi connectivity index (χ0n) is 16.8. The minimum Gasteiger partial charge on any atom is -0.317 e. The van der Waals surface area contributed by atoms with Crippen molar-refractivity contribution in [1.82, 2.24) is 9.55 Å². The third-order valence-corrected chi connectivity index (χ3v) is 5.73. The van der Waals surface area contributed by atoms with Gasteiger partial charge in [-0.05, 0) is 51.5 Å². The number of anilines is 1. The van der Waals surface area contributed by atoms with Crippen molar-refractivity contribution in [3.05, 3.63) is 59.4 Å². The van der Waals surface area contributed by atoms with Gasteiger partial charge in [0, 0.05) is 24.6 Å². The maximum atomic E-state index is 12.8. The van der Waals surface area contributed by atoms with Gasteiger partial charge in [-0.2, -0.15) is 0 Å². The monoisotopic (exact) mass is 375 g/mol. The number of aromatic nitrogens is 2. The van der Waals surface area contributed by atoms with E-state index in [0.717, 1.165) is 28.1 Å². The van der Waals surface area contributed by atoms with E-state index >= 15 is 0 Å². The number of rotatable bonds is 4. The number of hydrogen-bond donors (Lipinski definition) is 0. The van der Waals surface area contributed by atoms with Crippen molar-refractivity contribution in [2.45, 2.75) is 46.1 Å². The van der Waals surface area contributed by atoms with Crippen LogP contribution in [0.15, 0.2) is 42.5 Å². The molecular weight excluding hydrogens is 350 g/mol. The summed E-state index contributed by atoms with van der Waals surface area (Å²) in [4.78, 5) is 31.7. The Morgan fingerprint density at radius 3 is 2.64 bits per heavy atom. The molecule has 2 atom stereocenters. The highest BCUT2D eigenvalue weighted by atomic mass is 16.2. The van der Waals surface area contributed by atoms with Gasteiger partial charge >= 0.3 is 0 Å². The number of para-hydroxylation sites is 2. The maximum absolute atomic E-state index is 12.8. The molecule has 1 saturated heterocycles. The summed E-state index contributed by atoms with van der Waals surface area (Å²) in [5, 5.41) is 0. The van der Waals surface area contributed by atoms with E-state index in [1.165, 1.54) is 5.56 Å². The van der Waals surface area contributed by atoms with Crippen molar-refractivity contribution in [1.29, 1.82) is 0 Å². The van der Waals surface area contributed by atoms with Crippen LogP contribution in [0.5, 0.6) is 0 Å². The average Bonchev–Trinajstić information content (AvgIpc) is 3.21. The predicted molar refractivity (Wildman–Crippen MR) is 111 cm³/mol. The van der Waals surface area contributed by atoms with E-state index in [-0.39, 0.29) is 23.7 Å². The fraction of sp³-hybridized carbons (Fsp3) is 0.348. The van der Waals surface area contributed by atoms with E-state index in [1.54, 1.807) is 6.92 Å². The lowest BCUT2D eigenvalue weighted by atomic mass is 10.1. The summed E-state index contributed by atoms with van der Waals surface area (Å²) in [6, 6.07) is 13.7. The van der Waals surface area contributed by atoms with Crippen molar-refractivity contribution >= 4 is 28.4 Å². The van der Waals surface area contributed by atoms with E-state index in [1.807, 2.05) is 59.7 Å². The summed E-state index contributed by atoms with van der Waals surface area (Å²) in [7, 11) is 0. The molecule has 0 N–H and O–H groups in total. The Morgan fingerprint density at radius 1 is 1.18 bits per heavy atom. The number of imidazole rings is 1. The number of carbonyl (C=O) groups excluding carboxylic acids is 2. The zero-order chi connectivity index (χ0) is 20.0. The fourth-order valence-electron chi connectivity index (χ4n) is 4.16. The van der Waals surface area contributed by atoms with E-state index in [0.29, 0.717) is 13.0 Å². The smallest absolute Gasteiger partial charge is 0.227 e. The third-order valence-electron chi connectivity index (χ3n) is 5.73. The Kier molecular flexibility index (Phi) is 4.53. The number of aryl methyl sites for hydroxylation is 2. The third kappa shape index (κ3) is 3.01. The number of hydrogen-bond acceptors (Lipinski definition) is 3. The summed E-state index contributed by atoms with van der Waals surface area (Å²) in [5.74, 6) is 0.970. The minimum absolute atomic E-state index is 0.0394. The van der Waals surface area contributed by atoms with Gasteiger partial charge in [-0.15, -0.1) is 0 Å². The second kappa shape index (κ2) is 6.89. The number of nitrogens with zero attached hydrogens (tertiary/aromatic N) is 3. The number of benzene rings is 2. The molecule has 2 unspecified atom stereocenters. The Bertz CT molecular complexity index is 1080. The van der Waals surface area contributed by atoms with Crippen LogP contribution in [-0.4, -0.2) is 27.8 Å². The summed E-state index contributed by atoms with van der Waals surface area (Å²) >= 11 is 0. The van der Waals surface area contributed by atoms with Crippen LogP contribution < -0.4 is 4.90 Å². The van der Waals surface area contributed by atoms with E-state index < -0.39 is 0 Å². The second-order valence-electron chi connectivity index (χ2n) is 7.81. The molecule has 28 heavy (non-hydrogen) atoms. The molecule has 5 nitrogen and oxygen atoms in total. The Labute approximate surface area is 165 Å². The lowest BCUT2D eigenvalue weighted by molar-refractivity contribution is -0.119. The van der Waals surface area contributed by atoms with E-state index in [4.69, 9.17) is 4.98 Å². The van der Waals surface area contributed by atoms with Crippen molar-refractivity contribution < 1.29 is 9.59 Å². The Morgan fingerprint density at radius 2 is 1.93 bits per heavy atom. The maximum Gasteiger partial charge on any atom is 0.227 e. The van der Waals surface area contributed by atoms with Crippen molar-refractivity contribution in [2.24, 2.45) is 0 Å². The first-order valence-electron chi connectivity index (χ1n) is 9.71. The van der Waals surface area contributed by atoms with Gasteiger partial charge in [-0.25, -0.2) is 4.98 Å². The van der Waals surface area contributed by atoms with Gasteiger partial charge in [0.05, 0.1) is 17.1 Å². The van der Waals surface area contributed by atoms with E-state index in [9.17, 15) is 9.59 Å². The molecule has 4 rings (SSSR count). The highest BCUT2D eigenvalue weighted by Crippen LogP contribution is 2.36. The first kappa shape index (κ1) is 18.4. The van der Waals surface area contributed by atoms with Crippen molar-refractivity contribution in [3.63, 3.8) is 0 Å². The van der Waals surface area contributed by atoms with Gasteiger partial charge in [0.1, 0.15) is 5.82 Å². The van der Waals surface area contributed by atoms with Gasteiger partial charge < -0.3 is 9.47 Å². The molecule has 144 valence electrons. The van der Waals surface area contributed by atoms with Gasteiger partial charge in [-0.3, -0.25) is 9.59 Å². The SMILES string of the molecule is CC(=O)C(C)n1c(C2CC(=O)N(c3ccc(C)cc3C)C2)nc2ccccc21. The molecule has 0 bridgehead atoms. The molecule has 3 aromatic rings. The molecular formula is C23H25N3O2. The van der Waals surface area contributed by atoms with Crippen LogP contribution in [0, 0.1) is 13.8 Å². The number of fused-ring (bicyclic) bond motifs is 1. The molecule has 2 heterocycles. The Balaban J connectivity index is 1.76. The quantitative estimate of drug-likeness (QED) is 0.682. The average molecular weight is 375 g/mol. The molecule has 0 radical (unpaired) electrons. The molecule has 1 amide bonds.